The summed E-state index contributed by atoms with van der Waals surface area (Å²) in [6.07, 6.45) is -4.65. The van der Waals surface area contributed by atoms with Crippen molar-refractivity contribution < 1.29 is 27.6 Å². The molecule has 1 aliphatic rings. The third kappa shape index (κ3) is 8.35. The predicted molar refractivity (Wildman–Crippen MR) is 157 cm³/mol. The van der Waals surface area contributed by atoms with Gasteiger partial charge in [0.15, 0.2) is 0 Å². The molecule has 3 aromatic carbocycles. The SMILES string of the molecule is CNC(=O)NCc1ccccc1-c1ccc(CN2Cc3ccc(C(F)(F)F)cc3C[C@@H](NC(=O)CC(C)(C)N)C2=O)cc1. The van der Waals surface area contributed by atoms with Gasteiger partial charge in [0.2, 0.25) is 11.8 Å². The molecule has 0 fully saturated rings. The number of urea groups is 1. The Hall–Kier alpha value is -4.38. The standard InChI is InChI=1S/C32H36F3N5O3/c1-31(2,36)16-28(41)39-27-15-24-14-25(32(33,34)35)13-12-23(24)19-40(29(27)42)18-20-8-10-21(11-9-20)26-7-5-4-6-22(26)17-38-30(43)37-3/h4-14,27H,15-19,36H2,1-3H3,(H,39,41)(H2,37,38,43)/t27-/m1/s1. The van der Waals surface area contributed by atoms with E-state index in [2.05, 4.69) is 16.0 Å². The largest absolute Gasteiger partial charge is 0.416 e. The Balaban J connectivity index is 1.59. The Bertz CT molecular complexity index is 1480. The zero-order valence-electron chi connectivity index (χ0n) is 24.3. The summed E-state index contributed by atoms with van der Waals surface area (Å²) >= 11 is 0. The van der Waals surface area contributed by atoms with E-state index in [0.29, 0.717) is 17.7 Å². The number of carbonyl (C=O) groups is 3. The third-order valence-corrected chi connectivity index (χ3v) is 7.20. The second-order valence-electron chi connectivity index (χ2n) is 11.5. The lowest BCUT2D eigenvalue weighted by atomic mass is 9.98. The first-order chi connectivity index (χ1) is 20.2. The molecule has 5 N–H and O–H groups in total. The zero-order valence-corrected chi connectivity index (χ0v) is 24.3. The van der Waals surface area contributed by atoms with Gasteiger partial charge in [-0.25, -0.2) is 4.79 Å². The number of carbonyl (C=O) groups excluding carboxylic acids is 3. The van der Waals surface area contributed by atoms with Crippen molar-refractivity contribution in [2.24, 2.45) is 5.73 Å². The molecular formula is C32H36F3N5O3. The fourth-order valence-electron chi connectivity index (χ4n) is 5.09. The van der Waals surface area contributed by atoms with Crippen LogP contribution in [0, 0.1) is 0 Å². The van der Waals surface area contributed by atoms with E-state index in [0.717, 1.165) is 34.4 Å². The molecular weight excluding hydrogens is 559 g/mol. The van der Waals surface area contributed by atoms with Gasteiger partial charge >= 0.3 is 12.2 Å². The summed E-state index contributed by atoms with van der Waals surface area (Å²) in [6.45, 7) is 3.98. The second-order valence-corrected chi connectivity index (χ2v) is 11.5. The summed E-state index contributed by atoms with van der Waals surface area (Å²) in [6, 6.07) is 17.4. The van der Waals surface area contributed by atoms with Gasteiger partial charge in [0.1, 0.15) is 6.04 Å². The Kier molecular flexibility index (Phi) is 9.44. The molecule has 0 radical (unpaired) electrons. The minimum atomic E-state index is -4.54. The van der Waals surface area contributed by atoms with Crippen molar-refractivity contribution >= 4 is 17.8 Å². The minimum absolute atomic E-state index is 0.0478. The van der Waals surface area contributed by atoms with Crippen LogP contribution in [0.3, 0.4) is 0 Å². The highest BCUT2D eigenvalue weighted by molar-refractivity contribution is 5.89. The molecule has 0 saturated heterocycles. The highest BCUT2D eigenvalue weighted by Gasteiger charge is 2.35. The van der Waals surface area contributed by atoms with Crippen molar-refractivity contribution in [2.45, 2.75) is 64.1 Å². The van der Waals surface area contributed by atoms with E-state index in [-0.39, 0.29) is 37.9 Å². The molecule has 43 heavy (non-hydrogen) atoms. The summed E-state index contributed by atoms with van der Waals surface area (Å²) in [4.78, 5) is 39.6. The lowest BCUT2D eigenvalue weighted by Gasteiger charge is -2.26. The Morgan fingerprint density at radius 2 is 1.70 bits per heavy atom. The van der Waals surface area contributed by atoms with E-state index in [9.17, 15) is 27.6 Å². The summed E-state index contributed by atoms with van der Waals surface area (Å²) in [7, 11) is 1.55. The molecule has 1 aliphatic heterocycles. The maximum atomic E-state index is 13.7. The number of hydrogen-bond acceptors (Lipinski definition) is 4. The first kappa shape index (κ1) is 31.6. The molecule has 3 aromatic rings. The van der Waals surface area contributed by atoms with Crippen LogP contribution in [0.2, 0.25) is 0 Å². The molecule has 11 heteroatoms. The molecule has 228 valence electrons. The van der Waals surface area contributed by atoms with E-state index in [4.69, 9.17) is 5.73 Å². The van der Waals surface area contributed by atoms with Gasteiger partial charge in [-0.3, -0.25) is 9.59 Å². The summed E-state index contributed by atoms with van der Waals surface area (Å²) in [5.41, 5.74) is 8.89. The highest BCUT2D eigenvalue weighted by Crippen LogP contribution is 2.33. The molecule has 0 bridgehead atoms. The molecule has 8 nitrogen and oxygen atoms in total. The fourth-order valence-corrected chi connectivity index (χ4v) is 5.09. The second kappa shape index (κ2) is 12.9. The van der Waals surface area contributed by atoms with Crippen LogP contribution in [-0.4, -0.2) is 41.4 Å². The van der Waals surface area contributed by atoms with Crippen LogP contribution in [0.4, 0.5) is 18.0 Å². The summed E-state index contributed by atoms with van der Waals surface area (Å²) in [5.74, 6) is -0.835. The zero-order chi connectivity index (χ0) is 31.4. The Morgan fingerprint density at radius 3 is 2.35 bits per heavy atom. The number of fused-ring (bicyclic) bond motifs is 1. The molecule has 0 unspecified atom stereocenters. The van der Waals surface area contributed by atoms with Crippen molar-refractivity contribution in [2.75, 3.05) is 7.05 Å². The number of amides is 4. The van der Waals surface area contributed by atoms with Crippen LogP contribution in [0.15, 0.2) is 66.7 Å². The van der Waals surface area contributed by atoms with Crippen molar-refractivity contribution in [3.8, 4) is 11.1 Å². The van der Waals surface area contributed by atoms with Gasteiger partial charge in [-0.15, -0.1) is 0 Å². The van der Waals surface area contributed by atoms with Gasteiger partial charge < -0.3 is 26.6 Å². The first-order valence-electron chi connectivity index (χ1n) is 13.9. The molecule has 0 aromatic heterocycles. The lowest BCUT2D eigenvalue weighted by Crippen LogP contribution is -2.50. The predicted octanol–water partition coefficient (Wildman–Crippen LogP) is 4.50. The topological polar surface area (TPSA) is 117 Å². The number of halogens is 3. The smallest absolute Gasteiger partial charge is 0.344 e. The van der Waals surface area contributed by atoms with Gasteiger partial charge in [-0.05, 0) is 59.4 Å². The number of benzene rings is 3. The van der Waals surface area contributed by atoms with Crippen molar-refractivity contribution in [1.29, 1.82) is 0 Å². The van der Waals surface area contributed by atoms with Crippen LogP contribution in [0.1, 0.15) is 48.1 Å². The van der Waals surface area contributed by atoms with E-state index in [1.165, 1.54) is 6.07 Å². The number of nitrogens with two attached hydrogens (primary N) is 1. The summed E-state index contributed by atoms with van der Waals surface area (Å²) < 4.78 is 40.5. The van der Waals surface area contributed by atoms with Gasteiger partial charge in [0.25, 0.3) is 0 Å². The quantitative estimate of drug-likeness (QED) is 0.307. The molecule has 0 aliphatic carbocycles. The third-order valence-electron chi connectivity index (χ3n) is 7.20. The van der Waals surface area contributed by atoms with E-state index < -0.39 is 29.2 Å². The molecule has 1 heterocycles. The van der Waals surface area contributed by atoms with E-state index >= 15 is 0 Å². The van der Waals surface area contributed by atoms with Crippen molar-refractivity contribution in [3.05, 3.63) is 94.5 Å². The maximum Gasteiger partial charge on any atom is 0.416 e. The average molecular weight is 596 g/mol. The molecule has 1 atom stereocenters. The number of nitrogens with zero attached hydrogens (tertiary/aromatic N) is 1. The molecule has 0 saturated carbocycles. The van der Waals surface area contributed by atoms with Gasteiger partial charge in [-0.1, -0.05) is 54.6 Å². The van der Waals surface area contributed by atoms with Crippen LogP contribution < -0.4 is 21.7 Å². The van der Waals surface area contributed by atoms with Crippen molar-refractivity contribution in [3.63, 3.8) is 0 Å². The van der Waals surface area contributed by atoms with Gasteiger partial charge in [0, 0.05) is 45.1 Å². The number of rotatable bonds is 8. The number of alkyl halides is 3. The van der Waals surface area contributed by atoms with Crippen LogP contribution in [0.5, 0.6) is 0 Å². The highest BCUT2D eigenvalue weighted by atomic mass is 19.4. The van der Waals surface area contributed by atoms with Crippen LogP contribution in [-0.2, 0) is 41.8 Å². The Morgan fingerprint density at radius 1 is 1.00 bits per heavy atom. The first-order valence-corrected chi connectivity index (χ1v) is 13.9. The molecule has 4 rings (SSSR count). The van der Waals surface area contributed by atoms with Crippen LogP contribution >= 0.6 is 0 Å². The van der Waals surface area contributed by atoms with E-state index in [1.807, 2.05) is 48.5 Å². The number of hydrogen-bond donors (Lipinski definition) is 4. The normalized spacial score (nSPS) is 15.4. The fraction of sp³-hybridized carbons (Fsp3) is 0.344. The number of nitrogens with one attached hydrogen (secondary N) is 3. The maximum absolute atomic E-state index is 13.7. The average Bonchev–Trinajstić information content (AvgIpc) is 3.06. The Labute approximate surface area is 248 Å². The molecule has 0 spiro atoms. The van der Waals surface area contributed by atoms with E-state index in [1.54, 1.807) is 25.8 Å². The monoisotopic (exact) mass is 595 g/mol. The van der Waals surface area contributed by atoms with Crippen LogP contribution in [0.25, 0.3) is 11.1 Å². The van der Waals surface area contributed by atoms with Crippen molar-refractivity contribution in [1.82, 2.24) is 20.9 Å². The molecule has 4 amide bonds. The van der Waals surface area contributed by atoms with Gasteiger partial charge in [-0.2, -0.15) is 13.2 Å². The van der Waals surface area contributed by atoms with Gasteiger partial charge in [0.05, 0.1) is 5.56 Å². The lowest BCUT2D eigenvalue weighted by molar-refractivity contribution is -0.137. The minimum Gasteiger partial charge on any atom is -0.344 e. The summed E-state index contributed by atoms with van der Waals surface area (Å²) in [5, 5.41) is 8.03.